The number of nitrogens with zero attached hydrogens (tertiary/aromatic N) is 2. The lowest BCUT2D eigenvalue weighted by Crippen LogP contribution is -2.38. The molecule has 3 nitrogen and oxygen atoms in total. The Kier molecular flexibility index (Phi) is 4.22. The molecule has 108 valence electrons. The average Bonchev–Trinajstić information content (AvgIpc) is 2.80. The number of nitrogens with one attached hydrogen (secondary N) is 1. The molecule has 0 radical (unpaired) electrons. The van der Waals surface area contributed by atoms with Crippen molar-refractivity contribution in [2.45, 2.75) is 39.2 Å². The van der Waals surface area contributed by atoms with Crippen molar-refractivity contribution in [3.8, 4) is 0 Å². The summed E-state index contributed by atoms with van der Waals surface area (Å²) in [4.78, 5) is 7.24. The van der Waals surface area contributed by atoms with Gasteiger partial charge in [0, 0.05) is 12.6 Å². The van der Waals surface area contributed by atoms with E-state index in [-0.39, 0.29) is 0 Å². The molecule has 0 aliphatic carbocycles. The average molecular weight is 289 g/mol. The summed E-state index contributed by atoms with van der Waals surface area (Å²) in [6, 6.07) is 6.91. The van der Waals surface area contributed by atoms with Gasteiger partial charge in [-0.1, -0.05) is 23.8 Å². The first kappa shape index (κ1) is 13.8. The molecule has 0 saturated carbocycles. The molecule has 4 heteroatoms. The predicted molar refractivity (Wildman–Crippen MR) is 87.7 cm³/mol. The number of benzene rings is 1. The number of hydrogen-bond acceptors (Lipinski definition) is 4. The fraction of sp³-hybridized carbons (Fsp3) is 0.562. The van der Waals surface area contributed by atoms with E-state index in [0.29, 0.717) is 6.04 Å². The van der Waals surface area contributed by atoms with Crippen molar-refractivity contribution in [2.75, 3.05) is 25.0 Å². The van der Waals surface area contributed by atoms with Gasteiger partial charge in [0.15, 0.2) is 5.13 Å². The van der Waals surface area contributed by atoms with Crippen LogP contribution in [0.1, 0.15) is 31.7 Å². The van der Waals surface area contributed by atoms with E-state index in [4.69, 9.17) is 0 Å². The zero-order chi connectivity index (χ0) is 13.9. The number of hydrogen-bond donors (Lipinski definition) is 1. The van der Waals surface area contributed by atoms with Crippen LogP contribution in [0.25, 0.3) is 10.2 Å². The van der Waals surface area contributed by atoms with Crippen LogP contribution >= 0.6 is 11.3 Å². The molecule has 2 aromatic rings. The van der Waals surface area contributed by atoms with Crippen LogP contribution < -0.4 is 5.32 Å². The molecule has 0 amide bonds. The molecule has 1 saturated heterocycles. The number of likely N-dealkylation sites (tertiary alicyclic amines) is 1. The Morgan fingerprint density at radius 3 is 2.90 bits per heavy atom. The van der Waals surface area contributed by atoms with E-state index in [9.17, 15) is 0 Å². The van der Waals surface area contributed by atoms with E-state index in [1.54, 1.807) is 11.3 Å². The van der Waals surface area contributed by atoms with Gasteiger partial charge in [0.2, 0.25) is 0 Å². The second-order valence-corrected chi connectivity index (χ2v) is 6.93. The van der Waals surface area contributed by atoms with Crippen molar-refractivity contribution >= 4 is 26.7 Å². The first-order chi connectivity index (χ1) is 9.70. The summed E-state index contributed by atoms with van der Waals surface area (Å²) < 4.78 is 1.28. The molecule has 0 spiro atoms. The molecule has 1 N–H and O–H groups in total. The molecule has 1 aromatic carbocycles. The highest BCUT2D eigenvalue weighted by Gasteiger charge is 2.14. The van der Waals surface area contributed by atoms with Crippen molar-refractivity contribution in [3.05, 3.63) is 23.8 Å². The Bertz CT molecular complexity index is 572. The molecular weight excluding hydrogens is 266 g/mol. The third-order valence-corrected chi connectivity index (χ3v) is 4.84. The zero-order valence-corrected chi connectivity index (χ0v) is 13.2. The van der Waals surface area contributed by atoms with Crippen LogP contribution in [0, 0.1) is 6.92 Å². The van der Waals surface area contributed by atoms with E-state index >= 15 is 0 Å². The number of fused-ring (bicyclic) bond motifs is 1. The molecule has 3 rings (SSSR count). The van der Waals surface area contributed by atoms with E-state index in [0.717, 1.165) is 17.2 Å². The highest BCUT2D eigenvalue weighted by atomic mass is 32.1. The van der Waals surface area contributed by atoms with Crippen LogP contribution in [-0.2, 0) is 0 Å². The Morgan fingerprint density at radius 2 is 2.10 bits per heavy atom. The SMILES string of the molecule is Cc1ccc2nc(NC(C)CN3CCCCC3)sc2c1. The topological polar surface area (TPSA) is 28.2 Å². The van der Waals surface area contributed by atoms with Crippen molar-refractivity contribution < 1.29 is 0 Å². The van der Waals surface area contributed by atoms with Gasteiger partial charge in [0.1, 0.15) is 0 Å². The van der Waals surface area contributed by atoms with Crippen molar-refractivity contribution in [1.82, 2.24) is 9.88 Å². The van der Waals surface area contributed by atoms with Gasteiger partial charge in [-0.15, -0.1) is 0 Å². The molecule has 1 aliphatic heterocycles. The summed E-state index contributed by atoms with van der Waals surface area (Å²) in [7, 11) is 0. The van der Waals surface area contributed by atoms with E-state index in [2.05, 4.69) is 47.2 Å². The highest BCUT2D eigenvalue weighted by molar-refractivity contribution is 7.22. The summed E-state index contributed by atoms with van der Waals surface area (Å²) >= 11 is 1.76. The molecule has 20 heavy (non-hydrogen) atoms. The fourth-order valence-corrected chi connectivity index (χ4v) is 3.95. The Labute approximate surface area is 125 Å². The first-order valence-electron chi connectivity index (χ1n) is 7.57. The van der Waals surface area contributed by atoms with Gasteiger partial charge in [0.05, 0.1) is 10.2 Å². The summed E-state index contributed by atoms with van der Waals surface area (Å²) in [5, 5.41) is 4.61. The third kappa shape index (κ3) is 3.30. The minimum atomic E-state index is 0.453. The number of thiazole rings is 1. The summed E-state index contributed by atoms with van der Waals surface area (Å²) in [6.45, 7) is 8.02. The van der Waals surface area contributed by atoms with Gasteiger partial charge >= 0.3 is 0 Å². The number of anilines is 1. The van der Waals surface area contributed by atoms with Crippen molar-refractivity contribution in [2.24, 2.45) is 0 Å². The second kappa shape index (κ2) is 6.10. The monoisotopic (exact) mass is 289 g/mol. The highest BCUT2D eigenvalue weighted by Crippen LogP contribution is 2.27. The summed E-state index contributed by atoms with van der Waals surface area (Å²) in [6.07, 6.45) is 4.11. The minimum Gasteiger partial charge on any atom is -0.358 e. The van der Waals surface area contributed by atoms with Crippen LogP contribution in [0.4, 0.5) is 5.13 Å². The maximum atomic E-state index is 4.68. The van der Waals surface area contributed by atoms with Crippen LogP contribution in [-0.4, -0.2) is 35.6 Å². The fourth-order valence-electron chi connectivity index (χ4n) is 2.88. The number of rotatable bonds is 4. The quantitative estimate of drug-likeness (QED) is 0.925. The predicted octanol–water partition coefficient (Wildman–Crippen LogP) is 3.89. The number of aryl methyl sites for hydroxylation is 1. The Morgan fingerprint density at radius 1 is 1.30 bits per heavy atom. The summed E-state index contributed by atoms with van der Waals surface area (Å²) in [5.74, 6) is 0. The largest absolute Gasteiger partial charge is 0.358 e. The standard InChI is InChI=1S/C16H23N3S/c1-12-6-7-14-15(10-12)20-16(18-14)17-13(2)11-19-8-4-3-5-9-19/h6-7,10,13H,3-5,8-9,11H2,1-2H3,(H,17,18). The minimum absolute atomic E-state index is 0.453. The van der Waals surface area contributed by atoms with E-state index in [1.807, 2.05) is 0 Å². The van der Waals surface area contributed by atoms with Crippen molar-refractivity contribution in [3.63, 3.8) is 0 Å². The van der Waals surface area contributed by atoms with Crippen LogP contribution in [0.15, 0.2) is 18.2 Å². The maximum absolute atomic E-state index is 4.68. The normalized spacial score (nSPS) is 18.3. The smallest absolute Gasteiger partial charge is 0.184 e. The van der Waals surface area contributed by atoms with Crippen molar-refractivity contribution in [1.29, 1.82) is 0 Å². The molecular formula is C16H23N3S. The molecule has 1 atom stereocenters. The maximum Gasteiger partial charge on any atom is 0.184 e. The molecule has 2 heterocycles. The van der Waals surface area contributed by atoms with Crippen LogP contribution in [0.2, 0.25) is 0 Å². The van der Waals surface area contributed by atoms with Gasteiger partial charge in [-0.3, -0.25) is 0 Å². The van der Waals surface area contributed by atoms with Gasteiger partial charge in [-0.2, -0.15) is 0 Å². The van der Waals surface area contributed by atoms with Crippen LogP contribution in [0.3, 0.4) is 0 Å². The first-order valence-corrected chi connectivity index (χ1v) is 8.38. The van der Waals surface area contributed by atoms with Crippen LogP contribution in [0.5, 0.6) is 0 Å². The lowest BCUT2D eigenvalue weighted by atomic mass is 10.1. The number of piperidine rings is 1. The van der Waals surface area contributed by atoms with Gasteiger partial charge in [-0.05, 0) is 57.5 Å². The second-order valence-electron chi connectivity index (χ2n) is 5.90. The summed E-state index contributed by atoms with van der Waals surface area (Å²) in [5.41, 5.74) is 2.40. The lowest BCUT2D eigenvalue weighted by Gasteiger charge is -2.29. The van der Waals surface area contributed by atoms with Gasteiger partial charge in [-0.25, -0.2) is 4.98 Å². The number of aromatic nitrogens is 1. The molecule has 1 fully saturated rings. The molecule has 0 bridgehead atoms. The van der Waals surface area contributed by atoms with Gasteiger partial charge in [0.25, 0.3) is 0 Å². The lowest BCUT2D eigenvalue weighted by molar-refractivity contribution is 0.223. The van der Waals surface area contributed by atoms with Gasteiger partial charge < -0.3 is 10.2 Å². The molecule has 1 aromatic heterocycles. The molecule has 1 aliphatic rings. The third-order valence-electron chi connectivity index (χ3n) is 3.89. The zero-order valence-electron chi connectivity index (χ0n) is 12.4. The Balaban J connectivity index is 1.63. The Hall–Kier alpha value is -1.13. The van der Waals surface area contributed by atoms with E-state index in [1.165, 1.54) is 42.6 Å². The van der Waals surface area contributed by atoms with E-state index < -0.39 is 0 Å². The molecule has 1 unspecified atom stereocenters.